The molecule has 0 saturated carbocycles. The van der Waals surface area contributed by atoms with Gasteiger partial charge in [-0.3, -0.25) is 0 Å². The molecule has 0 aromatic carbocycles. The van der Waals surface area contributed by atoms with E-state index in [4.69, 9.17) is 0 Å². The summed E-state index contributed by atoms with van der Waals surface area (Å²) in [6.07, 6.45) is 15.7. The van der Waals surface area contributed by atoms with Gasteiger partial charge in [-0.25, -0.2) is 0 Å². The third-order valence-electron chi connectivity index (χ3n) is 2.32. The maximum absolute atomic E-state index is 4.38. The van der Waals surface area contributed by atoms with Crippen LogP contribution in [0.25, 0.3) is 0 Å². The summed E-state index contributed by atoms with van der Waals surface area (Å²) in [6.45, 7) is 0. The molecular formula is C11H13ClZr. The van der Waals surface area contributed by atoms with Crippen molar-refractivity contribution in [3.8, 4) is 0 Å². The van der Waals surface area contributed by atoms with Crippen molar-refractivity contribution >= 4 is 16.6 Å². The van der Waals surface area contributed by atoms with Crippen molar-refractivity contribution in [3.05, 3.63) is 43.0 Å². The van der Waals surface area contributed by atoms with E-state index in [1.54, 1.807) is 6.56 Å². The summed E-state index contributed by atoms with van der Waals surface area (Å²) in [5.74, 6) is 0. The van der Waals surface area contributed by atoms with Crippen LogP contribution in [0.2, 0.25) is 0 Å². The van der Waals surface area contributed by atoms with Crippen LogP contribution in [-0.4, -0.2) is 4.21 Å². The molecule has 0 nitrogen and oxygen atoms in total. The second kappa shape index (κ2) is 5.03. The molecule has 0 saturated heterocycles. The molecule has 0 aromatic heterocycles. The van der Waals surface area contributed by atoms with E-state index in [9.17, 15) is 0 Å². The van der Waals surface area contributed by atoms with Crippen molar-refractivity contribution in [2.75, 3.05) is 0 Å². The van der Waals surface area contributed by atoms with E-state index >= 15 is 0 Å². The molecule has 2 heteroatoms. The molecule has 2 aliphatic rings. The van der Waals surface area contributed by atoms with Crippen LogP contribution in [0, 0.1) is 0 Å². The summed E-state index contributed by atoms with van der Waals surface area (Å²) < 4.78 is 7.67. The number of hydrogen-bond donors (Lipinski definition) is 0. The van der Waals surface area contributed by atoms with Gasteiger partial charge in [0, 0.05) is 0 Å². The van der Waals surface area contributed by atoms with Crippen LogP contribution in [0.1, 0.15) is 12.8 Å². The Morgan fingerprint density at radius 3 is 1.77 bits per heavy atom. The molecule has 0 aliphatic heterocycles. The molecule has 0 spiro atoms. The number of rotatable bonds is 2. The standard InChI is InChI=1S/2C5H5.CH2.ClH.Zr/c2*1-2-4-5-3-1;;;/h2*1-3H,4H2;1H2;1H;. The van der Waals surface area contributed by atoms with E-state index in [-0.39, 0.29) is 12.4 Å². The zero-order chi connectivity index (χ0) is 8.39. The Morgan fingerprint density at radius 1 is 1.00 bits per heavy atom. The first-order valence-corrected chi connectivity index (χ1v) is 8.48. The van der Waals surface area contributed by atoms with Gasteiger partial charge < -0.3 is 0 Å². The Hall–Kier alpha value is 0.00312. The van der Waals surface area contributed by atoms with Crippen LogP contribution >= 0.6 is 12.4 Å². The van der Waals surface area contributed by atoms with E-state index < -0.39 is 21.3 Å². The molecule has 0 unspecified atom stereocenters. The van der Waals surface area contributed by atoms with Crippen molar-refractivity contribution in [2.24, 2.45) is 0 Å². The monoisotopic (exact) mass is 270 g/mol. The van der Waals surface area contributed by atoms with Crippen LogP contribution in [-0.2, 0) is 21.3 Å². The first-order valence-electron chi connectivity index (χ1n) is 4.29. The minimum absolute atomic E-state index is 0. The van der Waals surface area contributed by atoms with Gasteiger partial charge in [0.25, 0.3) is 0 Å². The fourth-order valence-corrected chi connectivity index (χ4v) is 5.81. The molecular weight excluding hydrogens is 259 g/mol. The Labute approximate surface area is 93.3 Å². The molecule has 0 atom stereocenters. The Balaban J connectivity index is 0.000000845. The van der Waals surface area contributed by atoms with Gasteiger partial charge in [0.05, 0.1) is 0 Å². The number of allylic oxidation sites excluding steroid dienone is 8. The van der Waals surface area contributed by atoms with Crippen molar-refractivity contribution in [1.82, 2.24) is 0 Å². The third-order valence-corrected chi connectivity index (χ3v) is 7.95. The van der Waals surface area contributed by atoms with Gasteiger partial charge in [-0.15, -0.1) is 12.4 Å². The topological polar surface area (TPSA) is 0 Å². The van der Waals surface area contributed by atoms with E-state index in [2.05, 4.69) is 40.7 Å². The molecule has 0 aromatic rings. The number of halogens is 1. The van der Waals surface area contributed by atoms with Crippen LogP contribution < -0.4 is 0 Å². The summed E-state index contributed by atoms with van der Waals surface area (Å²) in [5.41, 5.74) is 0. The van der Waals surface area contributed by atoms with Crippen molar-refractivity contribution in [1.29, 1.82) is 0 Å². The van der Waals surface area contributed by atoms with Crippen LogP contribution in [0.3, 0.4) is 0 Å². The fourth-order valence-electron chi connectivity index (χ4n) is 1.55. The van der Waals surface area contributed by atoms with Gasteiger partial charge in [-0.2, -0.15) is 0 Å². The van der Waals surface area contributed by atoms with Crippen molar-refractivity contribution < 1.29 is 21.3 Å². The van der Waals surface area contributed by atoms with Crippen molar-refractivity contribution in [2.45, 2.75) is 12.8 Å². The zero-order valence-corrected chi connectivity index (χ0v) is 10.8. The fraction of sp³-hybridized carbons (Fsp3) is 0.182. The summed E-state index contributed by atoms with van der Waals surface area (Å²) in [5, 5.41) is 0. The first-order chi connectivity index (χ1) is 5.88. The van der Waals surface area contributed by atoms with Crippen LogP contribution in [0.5, 0.6) is 0 Å². The van der Waals surface area contributed by atoms with E-state index in [0.717, 1.165) is 0 Å². The average Bonchev–Trinajstić information content (AvgIpc) is 2.77. The van der Waals surface area contributed by atoms with Gasteiger partial charge in [0.15, 0.2) is 0 Å². The normalized spacial score (nSPS) is 18.2. The third kappa shape index (κ3) is 2.48. The second-order valence-electron chi connectivity index (χ2n) is 3.13. The van der Waals surface area contributed by atoms with Gasteiger partial charge >= 0.3 is 81.3 Å². The van der Waals surface area contributed by atoms with E-state index in [0.29, 0.717) is 0 Å². The summed E-state index contributed by atoms with van der Waals surface area (Å²) in [6, 6.07) is 0. The first kappa shape index (κ1) is 11.1. The maximum atomic E-state index is 4.38. The van der Waals surface area contributed by atoms with Gasteiger partial charge in [0.1, 0.15) is 0 Å². The molecule has 2 rings (SSSR count). The predicted octanol–water partition coefficient (Wildman–Crippen LogP) is 3.15. The quantitative estimate of drug-likeness (QED) is 0.724. The van der Waals surface area contributed by atoms with Crippen molar-refractivity contribution in [3.63, 3.8) is 0 Å². The molecule has 2 aliphatic carbocycles. The molecule has 0 radical (unpaired) electrons. The minimum atomic E-state index is -1.52. The molecule has 0 bridgehead atoms. The molecule has 13 heavy (non-hydrogen) atoms. The summed E-state index contributed by atoms with van der Waals surface area (Å²) in [7, 11) is 0. The van der Waals surface area contributed by atoms with E-state index in [1.807, 2.05) is 0 Å². The molecule has 0 N–H and O–H groups in total. The van der Waals surface area contributed by atoms with Gasteiger partial charge in [0.2, 0.25) is 0 Å². The SMILES string of the molecule is Cl.[CH2]=[Zr]([C]1=CC=CC1)[C]1=CC=CC1. The molecule has 68 valence electrons. The Bertz CT molecular complexity index is 300. The molecule has 0 amide bonds. The van der Waals surface area contributed by atoms with E-state index in [1.165, 1.54) is 12.8 Å². The predicted molar refractivity (Wildman–Crippen MR) is 58.0 cm³/mol. The zero-order valence-electron chi connectivity index (χ0n) is 7.49. The Kier molecular flexibility index (Phi) is 4.28. The summed E-state index contributed by atoms with van der Waals surface area (Å²) in [4.78, 5) is 0. The second-order valence-corrected chi connectivity index (χ2v) is 8.64. The Morgan fingerprint density at radius 2 is 1.46 bits per heavy atom. The molecule has 0 fully saturated rings. The van der Waals surface area contributed by atoms with Gasteiger partial charge in [-0.05, 0) is 0 Å². The van der Waals surface area contributed by atoms with Gasteiger partial charge in [-0.1, -0.05) is 0 Å². The molecule has 0 heterocycles. The van der Waals surface area contributed by atoms with Crippen LogP contribution in [0.4, 0.5) is 0 Å². The number of hydrogen-bond acceptors (Lipinski definition) is 0. The van der Waals surface area contributed by atoms with Crippen LogP contribution in [0.15, 0.2) is 43.0 Å². The average molecular weight is 272 g/mol. The summed E-state index contributed by atoms with van der Waals surface area (Å²) >= 11 is -1.52.